The Morgan fingerprint density at radius 1 is 0.784 bits per heavy atom. The third-order valence-electron chi connectivity index (χ3n) is 4.46. The molecule has 0 aromatic heterocycles. The van der Waals surface area contributed by atoms with Crippen molar-refractivity contribution in [2.45, 2.75) is 25.4 Å². The Morgan fingerprint density at radius 3 is 1.73 bits per heavy atom. The molecule has 37 heavy (non-hydrogen) atoms. The number of ether oxygens (including phenoxy) is 5. The molecule has 3 rings (SSSR count). The van der Waals surface area contributed by atoms with Crippen molar-refractivity contribution in [1.82, 2.24) is 0 Å². The minimum atomic E-state index is -5.02. The standard InChI is InChI=1S/C21H13F11O5/c1-8-6-33-19(34-7-8)21(31,32)37-9-2-11(22)15(12(23)3-9)20(29,30)36-10-4-13(24)16(14(25)5-10)35-18(28)17(26)27/h2-5,8,19H,6-7H2,1H3. The summed E-state index contributed by atoms with van der Waals surface area (Å²) in [6.45, 7) is 1.32. The number of benzene rings is 2. The van der Waals surface area contributed by atoms with Crippen LogP contribution in [0.25, 0.3) is 0 Å². The largest absolute Gasteiger partial charge is 0.451 e. The first-order chi connectivity index (χ1) is 17.1. The van der Waals surface area contributed by atoms with Gasteiger partial charge in [0.1, 0.15) is 28.7 Å². The quantitative estimate of drug-likeness (QED) is 0.267. The van der Waals surface area contributed by atoms with Gasteiger partial charge in [-0.15, -0.1) is 0 Å². The van der Waals surface area contributed by atoms with Gasteiger partial charge in [0.15, 0.2) is 11.6 Å². The normalized spacial score (nSPS) is 18.4. The molecule has 5 nitrogen and oxygen atoms in total. The zero-order chi connectivity index (χ0) is 27.7. The van der Waals surface area contributed by atoms with E-state index in [1.54, 1.807) is 6.92 Å². The van der Waals surface area contributed by atoms with Crippen molar-refractivity contribution in [3.05, 3.63) is 65.2 Å². The fourth-order valence-corrected chi connectivity index (χ4v) is 2.91. The van der Waals surface area contributed by atoms with Crippen LogP contribution in [0, 0.1) is 29.2 Å². The van der Waals surface area contributed by atoms with Crippen molar-refractivity contribution >= 4 is 0 Å². The second-order valence-corrected chi connectivity index (χ2v) is 7.50. The van der Waals surface area contributed by atoms with E-state index in [0.29, 0.717) is 0 Å². The van der Waals surface area contributed by atoms with Crippen molar-refractivity contribution < 1.29 is 72.0 Å². The smallest absolute Gasteiger partial charge is 0.429 e. The van der Waals surface area contributed by atoms with E-state index >= 15 is 0 Å². The second-order valence-electron chi connectivity index (χ2n) is 7.50. The summed E-state index contributed by atoms with van der Waals surface area (Å²) >= 11 is 0. The van der Waals surface area contributed by atoms with E-state index < -0.39 is 76.7 Å². The summed E-state index contributed by atoms with van der Waals surface area (Å²) in [5.74, 6) is -13.0. The van der Waals surface area contributed by atoms with Crippen molar-refractivity contribution in [1.29, 1.82) is 0 Å². The molecular weight excluding hydrogens is 541 g/mol. The Labute approximate surface area is 199 Å². The van der Waals surface area contributed by atoms with Crippen molar-refractivity contribution in [2.24, 2.45) is 5.92 Å². The van der Waals surface area contributed by atoms with Gasteiger partial charge in [0.2, 0.25) is 5.75 Å². The predicted molar refractivity (Wildman–Crippen MR) is 98.6 cm³/mol. The zero-order valence-electron chi connectivity index (χ0n) is 18.1. The van der Waals surface area contributed by atoms with Gasteiger partial charge in [-0.25, -0.2) is 17.6 Å². The Kier molecular flexibility index (Phi) is 8.12. The summed E-state index contributed by atoms with van der Waals surface area (Å²) in [5, 5.41) is 0. The van der Waals surface area contributed by atoms with Crippen LogP contribution < -0.4 is 14.2 Å². The maximum atomic E-state index is 14.5. The minimum absolute atomic E-state index is 0.0478. The third-order valence-corrected chi connectivity index (χ3v) is 4.46. The third kappa shape index (κ3) is 6.54. The first kappa shape index (κ1) is 28.3. The maximum Gasteiger partial charge on any atom is 0.451 e. The van der Waals surface area contributed by atoms with Crippen LogP contribution in [0.1, 0.15) is 12.5 Å². The average molecular weight is 554 g/mol. The molecule has 1 heterocycles. The van der Waals surface area contributed by atoms with Crippen molar-refractivity contribution in [3.8, 4) is 17.2 Å². The first-order valence-corrected chi connectivity index (χ1v) is 9.84. The molecule has 0 unspecified atom stereocenters. The van der Waals surface area contributed by atoms with Gasteiger partial charge < -0.3 is 23.7 Å². The van der Waals surface area contributed by atoms with E-state index in [9.17, 15) is 48.3 Å². The fourth-order valence-electron chi connectivity index (χ4n) is 2.91. The molecule has 204 valence electrons. The summed E-state index contributed by atoms with van der Waals surface area (Å²) in [6, 6.07) is -2.96. The summed E-state index contributed by atoms with van der Waals surface area (Å²) in [7, 11) is 0. The molecule has 1 fully saturated rings. The lowest BCUT2D eigenvalue weighted by Crippen LogP contribution is -2.47. The lowest BCUT2D eigenvalue weighted by molar-refractivity contribution is -0.350. The Morgan fingerprint density at radius 2 is 1.24 bits per heavy atom. The number of alkyl halides is 4. The van der Waals surface area contributed by atoms with Crippen LogP contribution in [-0.4, -0.2) is 25.6 Å². The Bertz CT molecular complexity index is 1130. The minimum Gasteiger partial charge on any atom is -0.429 e. The van der Waals surface area contributed by atoms with E-state index in [1.807, 2.05) is 0 Å². The number of rotatable bonds is 8. The lowest BCUT2D eigenvalue weighted by atomic mass is 10.1. The second kappa shape index (κ2) is 10.6. The van der Waals surface area contributed by atoms with Gasteiger partial charge in [0.05, 0.1) is 13.2 Å². The average Bonchev–Trinajstić information content (AvgIpc) is 2.75. The molecule has 16 heteroatoms. The van der Waals surface area contributed by atoms with Gasteiger partial charge in [-0.2, -0.15) is 30.7 Å². The topological polar surface area (TPSA) is 46.2 Å². The summed E-state index contributed by atoms with van der Waals surface area (Å²) < 4.78 is 172. The van der Waals surface area contributed by atoms with E-state index in [1.165, 1.54) is 0 Å². The first-order valence-electron chi connectivity index (χ1n) is 9.84. The van der Waals surface area contributed by atoms with Crippen LogP contribution in [0.3, 0.4) is 0 Å². The van der Waals surface area contributed by atoms with Crippen LogP contribution >= 0.6 is 0 Å². The van der Waals surface area contributed by atoms with Gasteiger partial charge in [-0.3, -0.25) is 0 Å². The fraction of sp³-hybridized carbons (Fsp3) is 0.333. The molecule has 0 spiro atoms. The predicted octanol–water partition coefficient (Wildman–Crippen LogP) is 6.77. The van der Waals surface area contributed by atoms with Gasteiger partial charge in [-0.1, -0.05) is 6.92 Å². The Hall–Kier alpha value is -3.27. The monoisotopic (exact) mass is 554 g/mol. The molecule has 2 aromatic rings. The van der Waals surface area contributed by atoms with E-state index in [0.717, 1.165) is 0 Å². The Balaban J connectivity index is 1.82. The van der Waals surface area contributed by atoms with Crippen LogP contribution in [0.4, 0.5) is 48.3 Å². The summed E-state index contributed by atoms with van der Waals surface area (Å²) in [6.07, 6.45) is -14.7. The van der Waals surface area contributed by atoms with Gasteiger partial charge in [-0.05, 0) is 0 Å². The van der Waals surface area contributed by atoms with Gasteiger partial charge in [0, 0.05) is 30.2 Å². The molecule has 0 amide bonds. The van der Waals surface area contributed by atoms with Crippen LogP contribution in [0.2, 0.25) is 0 Å². The van der Waals surface area contributed by atoms with Gasteiger partial charge in [0.25, 0.3) is 6.29 Å². The molecule has 0 aliphatic carbocycles. The van der Waals surface area contributed by atoms with E-state index in [2.05, 4.69) is 14.2 Å². The molecule has 0 N–H and O–H groups in total. The molecule has 0 saturated carbocycles. The molecule has 0 bridgehead atoms. The SMILES string of the molecule is CC1COC(C(F)(F)Oc2cc(F)c(C(F)(F)Oc3cc(F)c(OC(F)=C(F)F)c(F)c3)c(F)c2)OC1. The summed E-state index contributed by atoms with van der Waals surface area (Å²) in [5.41, 5.74) is -2.17. The molecule has 1 aliphatic heterocycles. The number of hydrogen-bond acceptors (Lipinski definition) is 5. The number of hydrogen-bond donors (Lipinski definition) is 0. The maximum absolute atomic E-state index is 14.5. The summed E-state index contributed by atoms with van der Waals surface area (Å²) in [4.78, 5) is 0. The molecule has 1 aliphatic rings. The molecule has 2 aromatic carbocycles. The highest BCUT2D eigenvalue weighted by Crippen LogP contribution is 2.39. The zero-order valence-corrected chi connectivity index (χ0v) is 18.1. The molecule has 0 atom stereocenters. The molecular formula is C21H13F11O5. The van der Waals surface area contributed by atoms with E-state index in [4.69, 9.17) is 9.47 Å². The molecule has 0 radical (unpaired) electrons. The lowest BCUT2D eigenvalue weighted by Gasteiger charge is -2.32. The van der Waals surface area contributed by atoms with Crippen molar-refractivity contribution in [3.63, 3.8) is 0 Å². The van der Waals surface area contributed by atoms with Crippen LogP contribution in [-0.2, 0) is 15.6 Å². The highest BCUT2D eigenvalue weighted by atomic mass is 19.3. The van der Waals surface area contributed by atoms with E-state index in [-0.39, 0.29) is 43.4 Å². The van der Waals surface area contributed by atoms with Crippen LogP contribution in [0.15, 0.2) is 36.4 Å². The van der Waals surface area contributed by atoms with Crippen LogP contribution in [0.5, 0.6) is 17.2 Å². The number of halogens is 11. The highest BCUT2D eigenvalue weighted by molar-refractivity contribution is 5.37. The highest BCUT2D eigenvalue weighted by Gasteiger charge is 2.48. The molecule has 1 saturated heterocycles. The van der Waals surface area contributed by atoms with Gasteiger partial charge >= 0.3 is 24.3 Å². The van der Waals surface area contributed by atoms with Crippen molar-refractivity contribution in [2.75, 3.05) is 13.2 Å².